The zero-order chi connectivity index (χ0) is 42.1. The lowest BCUT2D eigenvalue weighted by molar-refractivity contribution is 0.662. The van der Waals surface area contributed by atoms with Crippen LogP contribution in [-0.2, 0) is 5.41 Å². The summed E-state index contributed by atoms with van der Waals surface area (Å²) in [5.74, 6) is 0. The fourth-order valence-electron chi connectivity index (χ4n) is 10.2. The van der Waals surface area contributed by atoms with E-state index in [4.69, 9.17) is 0 Å². The summed E-state index contributed by atoms with van der Waals surface area (Å²) >= 11 is 1.87. The molecule has 0 bridgehead atoms. The number of para-hydroxylation sites is 1. The number of benzene rings is 10. The first-order valence-corrected chi connectivity index (χ1v) is 22.6. The summed E-state index contributed by atoms with van der Waals surface area (Å²) < 4.78 is 2.62. The Morgan fingerprint density at radius 2 is 0.921 bits per heavy atom. The predicted octanol–water partition coefficient (Wildman–Crippen LogP) is 17.7. The van der Waals surface area contributed by atoms with Gasteiger partial charge in [0.25, 0.3) is 0 Å². The number of fused-ring (bicyclic) bond motifs is 7. The highest BCUT2D eigenvalue weighted by Gasteiger charge is 2.37. The summed E-state index contributed by atoms with van der Waals surface area (Å²) in [6.07, 6.45) is 0. The molecule has 0 saturated carbocycles. The molecule has 0 spiro atoms. The summed E-state index contributed by atoms with van der Waals surface area (Å²) in [5.41, 5.74) is 18.4. The zero-order valence-corrected chi connectivity index (χ0v) is 36.0. The van der Waals surface area contributed by atoms with Gasteiger partial charge in [-0.3, -0.25) is 0 Å². The van der Waals surface area contributed by atoms with Crippen molar-refractivity contribution in [2.24, 2.45) is 0 Å². The van der Waals surface area contributed by atoms with Gasteiger partial charge >= 0.3 is 0 Å². The van der Waals surface area contributed by atoms with Gasteiger partial charge in [0, 0.05) is 42.5 Å². The van der Waals surface area contributed by atoms with E-state index in [-0.39, 0.29) is 5.41 Å². The van der Waals surface area contributed by atoms with Crippen LogP contribution in [0.5, 0.6) is 0 Å². The number of hydrogen-bond donors (Lipinski definition) is 0. The van der Waals surface area contributed by atoms with Gasteiger partial charge in [0.2, 0.25) is 0 Å². The van der Waals surface area contributed by atoms with E-state index in [0.717, 1.165) is 17.1 Å². The van der Waals surface area contributed by atoms with Crippen LogP contribution >= 0.6 is 11.3 Å². The Hall–Kier alpha value is -7.52. The van der Waals surface area contributed by atoms with Crippen molar-refractivity contribution in [3.05, 3.63) is 236 Å². The van der Waals surface area contributed by atoms with Gasteiger partial charge in [-0.1, -0.05) is 184 Å². The first-order chi connectivity index (χ1) is 31.0. The second kappa shape index (κ2) is 14.8. The van der Waals surface area contributed by atoms with Crippen molar-refractivity contribution in [3.8, 4) is 55.6 Å². The van der Waals surface area contributed by atoms with Crippen LogP contribution in [0, 0.1) is 0 Å². The van der Waals surface area contributed by atoms with E-state index in [9.17, 15) is 0 Å². The Kier molecular flexibility index (Phi) is 8.77. The molecule has 0 N–H and O–H groups in total. The molecule has 0 saturated heterocycles. The lowest BCUT2D eigenvalue weighted by Gasteiger charge is -2.28. The molecule has 12 rings (SSSR count). The molecule has 1 aliphatic rings. The van der Waals surface area contributed by atoms with Crippen LogP contribution in [-0.4, -0.2) is 0 Å². The molecule has 2 heteroatoms. The molecule has 0 amide bonds. The lowest BCUT2D eigenvalue weighted by atomic mass is 9.79. The van der Waals surface area contributed by atoms with Gasteiger partial charge in [0.1, 0.15) is 0 Å². The van der Waals surface area contributed by atoms with Gasteiger partial charge in [-0.15, -0.1) is 11.3 Å². The van der Waals surface area contributed by atoms with Crippen LogP contribution in [0.2, 0.25) is 0 Å². The summed E-state index contributed by atoms with van der Waals surface area (Å²) in [4.78, 5) is 2.43. The normalized spacial score (nSPS) is 12.7. The van der Waals surface area contributed by atoms with E-state index >= 15 is 0 Å². The largest absolute Gasteiger partial charge is 0.310 e. The van der Waals surface area contributed by atoms with Crippen LogP contribution in [0.1, 0.15) is 25.0 Å². The number of thiophene rings is 1. The maximum Gasteiger partial charge on any atom is 0.0540 e. The molecule has 10 aromatic carbocycles. The van der Waals surface area contributed by atoms with Gasteiger partial charge in [0.15, 0.2) is 0 Å². The maximum atomic E-state index is 2.43. The average Bonchev–Trinajstić information content (AvgIpc) is 3.83. The zero-order valence-electron chi connectivity index (χ0n) is 35.2. The average molecular weight is 822 g/mol. The summed E-state index contributed by atoms with van der Waals surface area (Å²) in [7, 11) is 0. The molecular formula is C61H43NS. The van der Waals surface area contributed by atoms with Crippen molar-refractivity contribution in [1.82, 2.24) is 0 Å². The highest BCUT2D eigenvalue weighted by atomic mass is 32.1. The van der Waals surface area contributed by atoms with E-state index in [0.29, 0.717) is 0 Å². The third-order valence-electron chi connectivity index (χ3n) is 13.3. The Morgan fingerprint density at radius 1 is 0.349 bits per heavy atom. The highest BCUT2D eigenvalue weighted by Crippen LogP contribution is 2.52. The molecule has 63 heavy (non-hydrogen) atoms. The Labute approximate surface area is 372 Å². The molecule has 11 aromatic rings. The maximum absolute atomic E-state index is 2.43. The van der Waals surface area contributed by atoms with Gasteiger partial charge in [0.05, 0.1) is 5.69 Å². The minimum atomic E-state index is -0.0988. The predicted molar refractivity (Wildman–Crippen MR) is 271 cm³/mol. The smallest absolute Gasteiger partial charge is 0.0540 e. The Morgan fingerprint density at radius 3 is 1.75 bits per heavy atom. The fraction of sp³-hybridized carbons (Fsp3) is 0.0492. The second-order valence-corrected chi connectivity index (χ2v) is 18.4. The SMILES string of the molecule is CC1(C)c2ccccc2-c2cccc(-c3ccc(N(c4ccc(-c5cccc(-c6ccc7ccccc7c6)c5)cc4)c4ccccc4-c4ccc5c(c4)sc4ccccc45)cc3)c21. The van der Waals surface area contributed by atoms with Crippen molar-refractivity contribution in [1.29, 1.82) is 0 Å². The molecule has 298 valence electrons. The molecule has 1 aromatic heterocycles. The van der Waals surface area contributed by atoms with Crippen molar-refractivity contribution in [2.45, 2.75) is 19.3 Å². The highest BCUT2D eigenvalue weighted by molar-refractivity contribution is 7.25. The molecule has 0 aliphatic heterocycles. The topological polar surface area (TPSA) is 3.24 Å². The van der Waals surface area contributed by atoms with Crippen LogP contribution in [0.3, 0.4) is 0 Å². The van der Waals surface area contributed by atoms with Gasteiger partial charge in [-0.2, -0.15) is 0 Å². The van der Waals surface area contributed by atoms with Crippen molar-refractivity contribution in [2.75, 3.05) is 4.90 Å². The first kappa shape index (κ1) is 37.3. The second-order valence-electron chi connectivity index (χ2n) is 17.3. The first-order valence-electron chi connectivity index (χ1n) is 21.8. The number of rotatable bonds is 7. The minimum absolute atomic E-state index is 0.0988. The standard InChI is InChI=1S/C61H43NS/c1-61(2)56-22-8-5-18-52(56)55-21-12-20-51(60(55)61)42-29-34-49(35-30-42)62(57-23-9-6-17-50(57)47-31-36-54-53-19-7-10-24-58(53)63-59(54)39-47)48-32-27-41(28-33-48)44-15-11-16-45(37-44)46-26-25-40-13-3-4-14-43(40)38-46/h3-39H,1-2H3. The van der Waals surface area contributed by atoms with Gasteiger partial charge in [-0.25, -0.2) is 0 Å². The molecule has 1 nitrogen and oxygen atoms in total. The third kappa shape index (κ3) is 6.29. The molecule has 0 fully saturated rings. The summed E-state index contributed by atoms with van der Waals surface area (Å²) in [6.45, 7) is 4.74. The number of hydrogen-bond acceptors (Lipinski definition) is 2. The molecular weight excluding hydrogens is 779 g/mol. The molecule has 1 aliphatic carbocycles. The molecule has 0 radical (unpaired) electrons. The van der Waals surface area contributed by atoms with Gasteiger partial charge in [-0.05, 0) is 127 Å². The van der Waals surface area contributed by atoms with E-state index < -0.39 is 0 Å². The van der Waals surface area contributed by atoms with E-state index in [1.54, 1.807) is 0 Å². The number of anilines is 3. The molecule has 0 atom stereocenters. The minimum Gasteiger partial charge on any atom is -0.310 e. The van der Waals surface area contributed by atoms with Crippen LogP contribution in [0.25, 0.3) is 86.6 Å². The summed E-state index contributed by atoms with van der Waals surface area (Å²) in [6, 6.07) is 82.9. The van der Waals surface area contributed by atoms with Crippen molar-refractivity contribution < 1.29 is 0 Å². The molecule has 0 unspecified atom stereocenters. The summed E-state index contributed by atoms with van der Waals surface area (Å²) in [5, 5.41) is 5.14. The quantitative estimate of drug-likeness (QED) is 0.155. The Bertz CT molecular complexity index is 3540. The Balaban J connectivity index is 0.960. The van der Waals surface area contributed by atoms with Crippen molar-refractivity contribution in [3.63, 3.8) is 0 Å². The fourth-order valence-corrected chi connectivity index (χ4v) is 11.3. The van der Waals surface area contributed by atoms with Crippen molar-refractivity contribution >= 4 is 59.3 Å². The third-order valence-corrected chi connectivity index (χ3v) is 14.4. The van der Waals surface area contributed by atoms with Crippen LogP contribution in [0.4, 0.5) is 17.1 Å². The van der Waals surface area contributed by atoms with Crippen LogP contribution in [0.15, 0.2) is 224 Å². The van der Waals surface area contributed by atoms with E-state index in [2.05, 4.69) is 243 Å². The lowest BCUT2D eigenvalue weighted by Crippen LogP contribution is -2.16. The molecule has 1 heterocycles. The van der Waals surface area contributed by atoms with E-state index in [1.165, 1.54) is 97.7 Å². The monoisotopic (exact) mass is 821 g/mol. The number of nitrogens with zero attached hydrogens (tertiary/aromatic N) is 1. The van der Waals surface area contributed by atoms with E-state index in [1.807, 2.05) is 11.3 Å². The van der Waals surface area contributed by atoms with Gasteiger partial charge < -0.3 is 4.90 Å². The van der Waals surface area contributed by atoms with Crippen LogP contribution < -0.4 is 4.90 Å².